The lowest BCUT2D eigenvalue weighted by Gasteiger charge is -2.32. The first-order valence-electron chi connectivity index (χ1n) is 9.74. The number of thiophene rings is 1. The van der Waals surface area contributed by atoms with Crippen molar-refractivity contribution in [2.45, 2.75) is 32.7 Å². The molecule has 1 fully saturated rings. The minimum Gasteiger partial charge on any atom is -0.352 e. The van der Waals surface area contributed by atoms with Crippen LogP contribution in [0.3, 0.4) is 0 Å². The normalized spacial score (nSPS) is 17.2. The maximum Gasteiger partial charge on any atom is 0.254 e. The van der Waals surface area contributed by atoms with E-state index in [0.29, 0.717) is 31.1 Å². The molecule has 0 spiro atoms. The van der Waals surface area contributed by atoms with Crippen molar-refractivity contribution in [1.29, 1.82) is 0 Å². The molecule has 1 aliphatic rings. The van der Waals surface area contributed by atoms with Gasteiger partial charge in [-0.3, -0.25) is 14.5 Å². The van der Waals surface area contributed by atoms with Crippen LogP contribution in [0.4, 0.5) is 0 Å². The Balaban J connectivity index is 1.40. The lowest BCUT2D eigenvalue weighted by molar-refractivity contribution is -0.122. The molecule has 0 radical (unpaired) electrons. The molecule has 2 N–H and O–H groups in total. The highest BCUT2D eigenvalue weighted by Crippen LogP contribution is 2.16. The summed E-state index contributed by atoms with van der Waals surface area (Å²) in [5, 5.41) is 7.96. The molecule has 3 rings (SSSR count). The number of nitrogens with one attached hydrogen (secondary N) is 2. The van der Waals surface area contributed by atoms with E-state index in [1.807, 2.05) is 24.4 Å². The standard InChI is InChI=1S/C20H27N5O2S/c1-2-18-21-10-16(11-22-18)20(27)24-9-15-5-3-7-25(13-15)14-19(26)23-12-17-6-4-8-28-17/h4,6,8,10-11,15H,2-3,5,7,9,12-14H2,1H3,(H,23,26)(H,24,27). The minimum atomic E-state index is -0.145. The van der Waals surface area contributed by atoms with Gasteiger partial charge in [-0.1, -0.05) is 13.0 Å². The van der Waals surface area contributed by atoms with E-state index < -0.39 is 0 Å². The first-order valence-corrected chi connectivity index (χ1v) is 10.6. The largest absolute Gasteiger partial charge is 0.352 e. The van der Waals surface area contributed by atoms with E-state index in [4.69, 9.17) is 0 Å². The molecule has 2 aromatic rings. The van der Waals surface area contributed by atoms with Gasteiger partial charge < -0.3 is 10.6 Å². The van der Waals surface area contributed by atoms with E-state index in [1.54, 1.807) is 23.7 Å². The Morgan fingerprint density at radius 2 is 2.11 bits per heavy atom. The third-order valence-electron chi connectivity index (χ3n) is 4.85. The summed E-state index contributed by atoms with van der Waals surface area (Å²) in [5.41, 5.74) is 0.484. The quantitative estimate of drug-likeness (QED) is 0.705. The van der Waals surface area contributed by atoms with E-state index in [1.165, 1.54) is 0 Å². The van der Waals surface area contributed by atoms with Crippen LogP contribution >= 0.6 is 11.3 Å². The number of piperidine rings is 1. The molecule has 0 aromatic carbocycles. The third kappa shape index (κ3) is 6.10. The van der Waals surface area contributed by atoms with Crippen LogP contribution in [0.1, 0.15) is 40.8 Å². The number of rotatable bonds is 8. The fraction of sp³-hybridized carbons (Fsp3) is 0.500. The van der Waals surface area contributed by atoms with Gasteiger partial charge in [0.2, 0.25) is 5.91 Å². The molecule has 0 bridgehead atoms. The Morgan fingerprint density at radius 3 is 2.82 bits per heavy atom. The molecule has 1 saturated heterocycles. The molecule has 1 aliphatic heterocycles. The number of nitrogens with zero attached hydrogens (tertiary/aromatic N) is 3. The Hall–Kier alpha value is -2.32. The van der Waals surface area contributed by atoms with Crippen LogP contribution in [0.2, 0.25) is 0 Å². The van der Waals surface area contributed by atoms with Gasteiger partial charge in [0.25, 0.3) is 5.91 Å². The second-order valence-corrected chi connectivity index (χ2v) is 8.08. The second-order valence-electron chi connectivity index (χ2n) is 7.05. The van der Waals surface area contributed by atoms with Crippen molar-refractivity contribution in [2.75, 3.05) is 26.2 Å². The summed E-state index contributed by atoms with van der Waals surface area (Å²) in [6, 6.07) is 4.01. The molecule has 0 saturated carbocycles. The highest BCUT2D eigenvalue weighted by molar-refractivity contribution is 7.09. The number of carbonyl (C=O) groups is 2. The summed E-state index contributed by atoms with van der Waals surface area (Å²) in [6.07, 6.45) is 5.99. The minimum absolute atomic E-state index is 0.0475. The molecule has 2 aromatic heterocycles. The van der Waals surface area contributed by atoms with Gasteiger partial charge in [-0.2, -0.15) is 0 Å². The lowest BCUT2D eigenvalue weighted by Crippen LogP contribution is -2.45. The summed E-state index contributed by atoms with van der Waals surface area (Å²) >= 11 is 1.64. The zero-order chi connectivity index (χ0) is 19.8. The maximum atomic E-state index is 12.3. The summed E-state index contributed by atoms with van der Waals surface area (Å²) in [6.45, 7) is 5.31. The molecule has 3 heterocycles. The number of aromatic nitrogens is 2. The van der Waals surface area contributed by atoms with Crippen molar-refractivity contribution < 1.29 is 9.59 Å². The van der Waals surface area contributed by atoms with Crippen LogP contribution in [0.25, 0.3) is 0 Å². The number of likely N-dealkylation sites (tertiary alicyclic amines) is 1. The summed E-state index contributed by atoms with van der Waals surface area (Å²) in [5.74, 6) is 0.982. The fourth-order valence-corrected chi connectivity index (χ4v) is 3.96. The number of amides is 2. The lowest BCUT2D eigenvalue weighted by atomic mass is 9.98. The Bertz CT molecular complexity index is 763. The number of hydrogen-bond donors (Lipinski definition) is 2. The van der Waals surface area contributed by atoms with E-state index in [-0.39, 0.29) is 11.8 Å². The summed E-state index contributed by atoms with van der Waals surface area (Å²) < 4.78 is 0. The molecule has 28 heavy (non-hydrogen) atoms. The fourth-order valence-electron chi connectivity index (χ4n) is 3.31. The molecule has 8 heteroatoms. The Morgan fingerprint density at radius 1 is 1.29 bits per heavy atom. The number of aryl methyl sites for hydroxylation is 1. The zero-order valence-corrected chi connectivity index (χ0v) is 17.0. The molecular weight excluding hydrogens is 374 g/mol. The maximum absolute atomic E-state index is 12.3. The molecule has 1 unspecified atom stereocenters. The average molecular weight is 402 g/mol. The van der Waals surface area contributed by atoms with E-state index in [9.17, 15) is 9.59 Å². The van der Waals surface area contributed by atoms with Crippen molar-refractivity contribution in [3.63, 3.8) is 0 Å². The SMILES string of the molecule is CCc1ncc(C(=O)NCC2CCCN(CC(=O)NCc3cccs3)C2)cn1. The van der Waals surface area contributed by atoms with Crippen LogP contribution in [0.5, 0.6) is 0 Å². The molecular formula is C20H27N5O2S. The molecule has 1 atom stereocenters. The molecule has 150 valence electrons. The van der Waals surface area contributed by atoms with Gasteiger partial charge in [0, 0.05) is 36.8 Å². The predicted molar refractivity (Wildman–Crippen MR) is 109 cm³/mol. The highest BCUT2D eigenvalue weighted by atomic mass is 32.1. The van der Waals surface area contributed by atoms with E-state index in [0.717, 1.165) is 43.1 Å². The first kappa shape index (κ1) is 20.4. The van der Waals surface area contributed by atoms with Crippen LogP contribution in [0.15, 0.2) is 29.9 Å². The summed E-state index contributed by atoms with van der Waals surface area (Å²) in [4.78, 5) is 36.1. The van der Waals surface area contributed by atoms with Gasteiger partial charge in [-0.15, -0.1) is 11.3 Å². The van der Waals surface area contributed by atoms with Crippen LogP contribution < -0.4 is 10.6 Å². The average Bonchev–Trinajstić information content (AvgIpc) is 3.24. The molecule has 2 amide bonds. The monoisotopic (exact) mass is 401 g/mol. The summed E-state index contributed by atoms with van der Waals surface area (Å²) in [7, 11) is 0. The van der Waals surface area contributed by atoms with Gasteiger partial charge in [0.1, 0.15) is 5.82 Å². The Labute approximate surface area is 169 Å². The van der Waals surface area contributed by atoms with Crippen molar-refractivity contribution in [3.05, 3.63) is 46.2 Å². The van der Waals surface area contributed by atoms with Gasteiger partial charge in [-0.05, 0) is 36.8 Å². The third-order valence-corrected chi connectivity index (χ3v) is 5.72. The van der Waals surface area contributed by atoms with Gasteiger partial charge in [-0.25, -0.2) is 9.97 Å². The van der Waals surface area contributed by atoms with Crippen molar-refractivity contribution in [1.82, 2.24) is 25.5 Å². The van der Waals surface area contributed by atoms with Gasteiger partial charge in [0.15, 0.2) is 0 Å². The highest BCUT2D eigenvalue weighted by Gasteiger charge is 2.22. The number of hydrogen-bond acceptors (Lipinski definition) is 6. The van der Waals surface area contributed by atoms with E-state index >= 15 is 0 Å². The Kier molecular flexibility index (Phi) is 7.50. The van der Waals surface area contributed by atoms with Crippen molar-refractivity contribution in [2.24, 2.45) is 5.92 Å². The van der Waals surface area contributed by atoms with Crippen molar-refractivity contribution >= 4 is 23.2 Å². The topological polar surface area (TPSA) is 87.2 Å². The first-order chi connectivity index (χ1) is 13.6. The van der Waals surface area contributed by atoms with Gasteiger partial charge in [0.05, 0.1) is 18.7 Å². The van der Waals surface area contributed by atoms with Crippen LogP contribution in [-0.4, -0.2) is 52.9 Å². The van der Waals surface area contributed by atoms with Crippen LogP contribution in [-0.2, 0) is 17.8 Å². The second kappa shape index (κ2) is 10.3. The predicted octanol–water partition coefficient (Wildman–Crippen LogP) is 1.86. The van der Waals surface area contributed by atoms with Crippen molar-refractivity contribution in [3.8, 4) is 0 Å². The van der Waals surface area contributed by atoms with E-state index in [2.05, 4.69) is 25.5 Å². The van der Waals surface area contributed by atoms with Gasteiger partial charge >= 0.3 is 0 Å². The molecule has 7 nitrogen and oxygen atoms in total. The zero-order valence-electron chi connectivity index (χ0n) is 16.2. The number of carbonyl (C=O) groups excluding carboxylic acids is 2. The molecule has 0 aliphatic carbocycles. The van der Waals surface area contributed by atoms with Crippen LogP contribution in [0, 0.1) is 5.92 Å². The smallest absolute Gasteiger partial charge is 0.254 e.